The first-order valence-corrected chi connectivity index (χ1v) is 7.84. The van der Waals surface area contributed by atoms with Crippen molar-refractivity contribution in [1.82, 2.24) is 15.5 Å². The highest BCUT2D eigenvalue weighted by Crippen LogP contribution is 2.25. The summed E-state index contributed by atoms with van der Waals surface area (Å²) in [4.78, 5) is 0. The highest BCUT2D eigenvalue weighted by Gasteiger charge is 2.17. The molecule has 0 aliphatic carbocycles. The minimum atomic E-state index is 0.185. The Morgan fingerprint density at radius 2 is 1.71 bits per heavy atom. The Labute approximate surface area is 127 Å². The third-order valence-electron chi connectivity index (χ3n) is 3.80. The zero-order valence-corrected chi connectivity index (χ0v) is 13.5. The topological polar surface area (TPSA) is 37.8 Å². The van der Waals surface area contributed by atoms with Crippen LogP contribution in [-0.2, 0) is 12.8 Å². The SMILES string of the molecule is CCNC(c1ccc(CC)cc1)c1cc(C)nnc1CC. The van der Waals surface area contributed by atoms with Crippen LogP contribution in [0.15, 0.2) is 30.3 Å². The largest absolute Gasteiger partial charge is 0.306 e. The number of hydrogen-bond donors (Lipinski definition) is 1. The minimum absolute atomic E-state index is 0.185. The van der Waals surface area contributed by atoms with Gasteiger partial charge in [-0.05, 0) is 49.1 Å². The fourth-order valence-corrected chi connectivity index (χ4v) is 2.62. The van der Waals surface area contributed by atoms with Gasteiger partial charge in [-0.25, -0.2) is 0 Å². The van der Waals surface area contributed by atoms with E-state index in [0.717, 1.165) is 30.8 Å². The van der Waals surface area contributed by atoms with Gasteiger partial charge >= 0.3 is 0 Å². The Hall–Kier alpha value is -1.74. The predicted molar refractivity (Wildman–Crippen MR) is 87.5 cm³/mol. The molecule has 1 aromatic heterocycles. The molecule has 0 saturated carbocycles. The number of nitrogens with zero attached hydrogens (tertiary/aromatic N) is 2. The van der Waals surface area contributed by atoms with Crippen LogP contribution in [0.5, 0.6) is 0 Å². The van der Waals surface area contributed by atoms with Gasteiger partial charge in [0, 0.05) is 0 Å². The van der Waals surface area contributed by atoms with Crippen LogP contribution in [0.3, 0.4) is 0 Å². The maximum absolute atomic E-state index is 4.37. The van der Waals surface area contributed by atoms with Crippen LogP contribution in [0.1, 0.15) is 54.9 Å². The summed E-state index contributed by atoms with van der Waals surface area (Å²) < 4.78 is 0. The average Bonchev–Trinajstić information content (AvgIpc) is 2.53. The van der Waals surface area contributed by atoms with E-state index in [-0.39, 0.29) is 6.04 Å². The van der Waals surface area contributed by atoms with E-state index >= 15 is 0 Å². The molecule has 2 rings (SSSR count). The van der Waals surface area contributed by atoms with Gasteiger partial charge in [0.1, 0.15) is 0 Å². The zero-order valence-electron chi connectivity index (χ0n) is 13.5. The van der Waals surface area contributed by atoms with Crippen molar-refractivity contribution in [3.63, 3.8) is 0 Å². The lowest BCUT2D eigenvalue weighted by Gasteiger charge is -2.21. The van der Waals surface area contributed by atoms with Gasteiger partial charge < -0.3 is 5.32 Å². The molecule has 1 heterocycles. The van der Waals surface area contributed by atoms with Gasteiger partial charge in [0.2, 0.25) is 0 Å². The van der Waals surface area contributed by atoms with E-state index in [2.05, 4.69) is 66.6 Å². The van der Waals surface area contributed by atoms with Crippen molar-refractivity contribution in [2.75, 3.05) is 6.54 Å². The molecule has 3 nitrogen and oxygen atoms in total. The number of hydrogen-bond acceptors (Lipinski definition) is 3. The van der Waals surface area contributed by atoms with Crippen LogP contribution in [0.4, 0.5) is 0 Å². The van der Waals surface area contributed by atoms with Gasteiger partial charge in [-0.1, -0.05) is 45.0 Å². The second kappa shape index (κ2) is 7.32. The van der Waals surface area contributed by atoms with E-state index in [9.17, 15) is 0 Å². The molecule has 1 atom stereocenters. The van der Waals surface area contributed by atoms with Crippen LogP contribution >= 0.6 is 0 Å². The van der Waals surface area contributed by atoms with E-state index in [4.69, 9.17) is 0 Å². The fraction of sp³-hybridized carbons (Fsp3) is 0.444. The van der Waals surface area contributed by atoms with Gasteiger partial charge in [0.25, 0.3) is 0 Å². The second-order valence-electron chi connectivity index (χ2n) is 5.33. The molecule has 0 fully saturated rings. The van der Waals surface area contributed by atoms with Crippen molar-refractivity contribution in [2.45, 2.75) is 46.6 Å². The lowest BCUT2D eigenvalue weighted by atomic mass is 9.95. The summed E-state index contributed by atoms with van der Waals surface area (Å²) in [7, 11) is 0. The minimum Gasteiger partial charge on any atom is -0.306 e. The monoisotopic (exact) mass is 283 g/mol. The molecule has 21 heavy (non-hydrogen) atoms. The maximum atomic E-state index is 4.37. The first-order chi connectivity index (χ1) is 10.2. The third kappa shape index (κ3) is 3.67. The third-order valence-corrected chi connectivity index (χ3v) is 3.80. The molecule has 0 spiro atoms. The summed E-state index contributed by atoms with van der Waals surface area (Å²) in [6.07, 6.45) is 1.97. The van der Waals surface area contributed by atoms with E-state index in [1.54, 1.807) is 0 Å². The zero-order chi connectivity index (χ0) is 15.2. The summed E-state index contributed by atoms with van der Waals surface area (Å²) in [6, 6.07) is 11.2. The molecule has 1 unspecified atom stereocenters. The molecule has 1 N–H and O–H groups in total. The quantitative estimate of drug-likeness (QED) is 0.880. The first-order valence-electron chi connectivity index (χ1n) is 7.84. The Kier molecular flexibility index (Phi) is 5.45. The smallest absolute Gasteiger partial charge is 0.0679 e. The fourth-order valence-electron chi connectivity index (χ4n) is 2.62. The van der Waals surface area contributed by atoms with E-state index in [1.807, 2.05) is 6.92 Å². The summed E-state index contributed by atoms with van der Waals surface area (Å²) in [5, 5.41) is 12.2. The standard InChI is InChI=1S/C18H25N3/c1-5-14-8-10-15(11-9-14)18(19-7-3)16-12-13(4)20-21-17(16)6-2/h8-12,18-19H,5-7H2,1-4H3. The van der Waals surface area contributed by atoms with Gasteiger partial charge in [0.15, 0.2) is 0 Å². The van der Waals surface area contributed by atoms with E-state index < -0.39 is 0 Å². The van der Waals surface area contributed by atoms with E-state index in [1.165, 1.54) is 16.7 Å². The van der Waals surface area contributed by atoms with Crippen molar-refractivity contribution in [1.29, 1.82) is 0 Å². The summed E-state index contributed by atoms with van der Waals surface area (Å²) >= 11 is 0. The molecule has 0 amide bonds. The lowest BCUT2D eigenvalue weighted by Crippen LogP contribution is -2.24. The summed E-state index contributed by atoms with van der Waals surface area (Å²) in [5.41, 5.74) is 5.95. The number of nitrogens with one attached hydrogen (secondary N) is 1. The van der Waals surface area contributed by atoms with Crippen molar-refractivity contribution < 1.29 is 0 Å². The van der Waals surface area contributed by atoms with Crippen LogP contribution in [0.2, 0.25) is 0 Å². The molecule has 3 heteroatoms. The van der Waals surface area contributed by atoms with Gasteiger partial charge in [-0.2, -0.15) is 10.2 Å². The molecule has 2 aromatic rings. The second-order valence-corrected chi connectivity index (χ2v) is 5.33. The Morgan fingerprint density at radius 3 is 2.29 bits per heavy atom. The molecule has 0 bridgehead atoms. The van der Waals surface area contributed by atoms with Crippen molar-refractivity contribution in [3.8, 4) is 0 Å². The van der Waals surface area contributed by atoms with Gasteiger partial charge in [-0.3, -0.25) is 0 Å². The van der Waals surface area contributed by atoms with Crippen molar-refractivity contribution in [2.24, 2.45) is 0 Å². The Bertz CT molecular complexity index is 576. The van der Waals surface area contributed by atoms with Crippen LogP contribution in [0, 0.1) is 6.92 Å². The Morgan fingerprint density at radius 1 is 1.00 bits per heavy atom. The van der Waals surface area contributed by atoms with Crippen molar-refractivity contribution in [3.05, 3.63) is 58.4 Å². The number of aromatic nitrogens is 2. The molecule has 0 aliphatic rings. The average molecular weight is 283 g/mol. The summed E-state index contributed by atoms with van der Waals surface area (Å²) in [5.74, 6) is 0. The molecular weight excluding hydrogens is 258 g/mol. The van der Waals surface area contributed by atoms with Crippen LogP contribution in [-0.4, -0.2) is 16.7 Å². The predicted octanol–water partition coefficient (Wildman–Crippen LogP) is 3.61. The highest BCUT2D eigenvalue weighted by molar-refractivity contribution is 5.36. The van der Waals surface area contributed by atoms with Crippen LogP contribution < -0.4 is 5.32 Å². The number of aryl methyl sites for hydroxylation is 3. The number of rotatable bonds is 6. The lowest BCUT2D eigenvalue weighted by molar-refractivity contribution is 0.616. The first kappa shape index (κ1) is 15.6. The molecule has 0 saturated heterocycles. The molecule has 0 aliphatic heterocycles. The highest BCUT2D eigenvalue weighted by atomic mass is 15.1. The normalized spacial score (nSPS) is 12.4. The van der Waals surface area contributed by atoms with Crippen molar-refractivity contribution >= 4 is 0 Å². The summed E-state index contributed by atoms with van der Waals surface area (Å²) in [6.45, 7) is 9.37. The maximum Gasteiger partial charge on any atom is 0.0679 e. The molecular formula is C18H25N3. The Balaban J connectivity index is 2.44. The van der Waals surface area contributed by atoms with Gasteiger partial charge in [0.05, 0.1) is 17.4 Å². The van der Waals surface area contributed by atoms with Crippen LogP contribution in [0.25, 0.3) is 0 Å². The van der Waals surface area contributed by atoms with Gasteiger partial charge in [-0.15, -0.1) is 0 Å². The molecule has 1 aromatic carbocycles. The molecule has 112 valence electrons. The van der Waals surface area contributed by atoms with E-state index in [0.29, 0.717) is 0 Å². The molecule has 0 radical (unpaired) electrons. The number of benzene rings is 1.